The smallest absolute Gasteiger partial charge is 0.305 e. The Bertz CT molecular complexity index is 1350. The van der Waals surface area contributed by atoms with Crippen molar-refractivity contribution in [3.63, 3.8) is 0 Å². The minimum absolute atomic E-state index is 0.0349. The standard InChI is InChI=1S/C27H28N4O9/c1-16(33)30-12-19(29-24(34)9-7-17-6-8-22-23(10-17)40-15-39-22)27(38)31(21-5-3-2-4-20(21)30)13-25(35)28-18(14-32)11-26(36)37/h2-6,8,10,14,18-19H,7,9,11-13,15H2,1H3,(H,28,35)(H,29,34)(H,36,37). The topological polar surface area (TPSA) is 172 Å². The first-order valence-corrected chi connectivity index (χ1v) is 12.5. The number of nitrogens with zero attached hydrogens (tertiary/aromatic N) is 2. The van der Waals surface area contributed by atoms with Crippen molar-refractivity contribution in [3.05, 3.63) is 48.0 Å². The van der Waals surface area contributed by atoms with Crippen molar-refractivity contribution in [2.45, 2.75) is 38.3 Å². The Morgan fingerprint density at radius 2 is 1.80 bits per heavy atom. The molecule has 40 heavy (non-hydrogen) atoms. The summed E-state index contributed by atoms with van der Waals surface area (Å²) in [6.07, 6.45) is 0.0563. The minimum atomic E-state index is -1.29. The Morgan fingerprint density at radius 1 is 1.07 bits per heavy atom. The molecule has 0 aromatic heterocycles. The second-order valence-electron chi connectivity index (χ2n) is 9.26. The van der Waals surface area contributed by atoms with Gasteiger partial charge in [0.15, 0.2) is 11.5 Å². The van der Waals surface area contributed by atoms with E-state index >= 15 is 0 Å². The molecule has 0 radical (unpaired) electrons. The second-order valence-corrected chi connectivity index (χ2v) is 9.26. The number of fused-ring (bicyclic) bond motifs is 2. The molecule has 0 spiro atoms. The molecule has 0 aliphatic carbocycles. The fourth-order valence-electron chi connectivity index (χ4n) is 4.49. The number of carbonyl (C=O) groups excluding carboxylic acids is 5. The lowest BCUT2D eigenvalue weighted by atomic mass is 10.1. The molecule has 4 amide bonds. The highest BCUT2D eigenvalue weighted by Gasteiger charge is 2.37. The number of amides is 4. The summed E-state index contributed by atoms with van der Waals surface area (Å²) in [6, 6.07) is 9.31. The van der Waals surface area contributed by atoms with Crippen molar-refractivity contribution in [2.75, 3.05) is 29.7 Å². The van der Waals surface area contributed by atoms with Crippen molar-refractivity contribution in [2.24, 2.45) is 0 Å². The average molecular weight is 553 g/mol. The van der Waals surface area contributed by atoms with E-state index in [9.17, 15) is 28.8 Å². The first kappa shape index (κ1) is 28.1. The van der Waals surface area contributed by atoms with E-state index < -0.39 is 48.7 Å². The van der Waals surface area contributed by atoms with Crippen LogP contribution in [0.3, 0.4) is 0 Å². The number of hydrogen-bond donors (Lipinski definition) is 3. The van der Waals surface area contributed by atoms with E-state index in [1.807, 2.05) is 6.07 Å². The molecule has 13 nitrogen and oxygen atoms in total. The lowest BCUT2D eigenvalue weighted by Gasteiger charge is -2.25. The first-order chi connectivity index (χ1) is 19.2. The molecule has 3 N–H and O–H groups in total. The highest BCUT2D eigenvalue weighted by Crippen LogP contribution is 2.34. The molecule has 0 saturated heterocycles. The lowest BCUT2D eigenvalue weighted by Crippen LogP contribution is -2.54. The van der Waals surface area contributed by atoms with E-state index in [1.165, 1.54) is 11.8 Å². The van der Waals surface area contributed by atoms with Gasteiger partial charge in [-0.05, 0) is 36.2 Å². The van der Waals surface area contributed by atoms with Crippen LogP contribution in [0.25, 0.3) is 0 Å². The van der Waals surface area contributed by atoms with Gasteiger partial charge in [0, 0.05) is 13.3 Å². The Kier molecular flexibility index (Phi) is 8.62. The summed E-state index contributed by atoms with van der Waals surface area (Å²) in [6.45, 7) is 0.703. The lowest BCUT2D eigenvalue weighted by molar-refractivity contribution is -0.139. The monoisotopic (exact) mass is 552 g/mol. The normalized spacial score (nSPS) is 16.4. The van der Waals surface area contributed by atoms with Gasteiger partial charge in [0.1, 0.15) is 18.9 Å². The fourth-order valence-corrected chi connectivity index (χ4v) is 4.49. The number of carbonyl (C=O) groups is 6. The summed E-state index contributed by atoms with van der Waals surface area (Å²) in [5.41, 5.74) is 1.43. The summed E-state index contributed by atoms with van der Waals surface area (Å²) < 4.78 is 10.7. The van der Waals surface area contributed by atoms with Gasteiger partial charge in [-0.1, -0.05) is 18.2 Å². The van der Waals surface area contributed by atoms with E-state index in [-0.39, 0.29) is 31.4 Å². The first-order valence-electron chi connectivity index (χ1n) is 12.5. The van der Waals surface area contributed by atoms with Crippen LogP contribution < -0.4 is 29.9 Å². The van der Waals surface area contributed by atoms with Gasteiger partial charge < -0.3 is 34.9 Å². The molecule has 2 atom stereocenters. The zero-order chi connectivity index (χ0) is 28.8. The maximum atomic E-state index is 13.7. The summed E-state index contributed by atoms with van der Waals surface area (Å²) in [4.78, 5) is 76.6. The second kappa shape index (κ2) is 12.3. The summed E-state index contributed by atoms with van der Waals surface area (Å²) in [5, 5.41) is 13.9. The zero-order valence-electron chi connectivity index (χ0n) is 21.6. The third kappa shape index (κ3) is 6.54. The molecule has 0 fully saturated rings. The van der Waals surface area contributed by atoms with Gasteiger partial charge in [-0.25, -0.2) is 0 Å². The maximum Gasteiger partial charge on any atom is 0.305 e. The van der Waals surface area contributed by atoms with Crippen LogP contribution in [0.1, 0.15) is 25.3 Å². The van der Waals surface area contributed by atoms with Gasteiger partial charge in [0.2, 0.25) is 24.5 Å². The van der Waals surface area contributed by atoms with Crippen LogP contribution in [0.2, 0.25) is 0 Å². The molecule has 0 bridgehead atoms. The molecule has 4 rings (SSSR count). The molecule has 2 aromatic carbocycles. The van der Waals surface area contributed by atoms with Crippen molar-refractivity contribution in [1.82, 2.24) is 10.6 Å². The van der Waals surface area contributed by atoms with E-state index in [4.69, 9.17) is 14.6 Å². The van der Waals surface area contributed by atoms with Crippen LogP contribution in [0.15, 0.2) is 42.5 Å². The van der Waals surface area contributed by atoms with Crippen molar-refractivity contribution in [3.8, 4) is 11.5 Å². The molecule has 2 unspecified atom stereocenters. The Hall–Kier alpha value is -4.94. The number of carboxylic acids is 1. The van der Waals surface area contributed by atoms with Crippen molar-refractivity contribution in [1.29, 1.82) is 0 Å². The average Bonchev–Trinajstić information content (AvgIpc) is 3.36. The summed E-state index contributed by atoms with van der Waals surface area (Å²) in [7, 11) is 0. The zero-order valence-corrected chi connectivity index (χ0v) is 21.6. The van der Waals surface area contributed by atoms with E-state index in [1.54, 1.807) is 36.4 Å². The van der Waals surface area contributed by atoms with E-state index in [2.05, 4.69) is 10.6 Å². The van der Waals surface area contributed by atoms with Crippen molar-refractivity contribution < 1.29 is 43.3 Å². The van der Waals surface area contributed by atoms with Crippen LogP contribution in [-0.4, -0.2) is 73.0 Å². The summed E-state index contributed by atoms with van der Waals surface area (Å²) >= 11 is 0. The number of nitrogens with one attached hydrogen (secondary N) is 2. The minimum Gasteiger partial charge on any atom is -0.481 e. The molecule has 2 aliphatic rings. The van der Waals surface area contributed by atoms with Crippen molar-refractivity contribution >= 4 is 47.3 Å². The van der Waals surface area contributed by atoms with Gasteiger partial charge in [0.05, 0.1) is 30.4 Å². The van der Waals surface area contributed by atoms with Gasteiger partial charge in [-0.2, -0.15) is 0 Å². The molecular weight excluding hydrogens is 524 g/mol. The van der Waals surface area contributed by atoms with Crippen LogP contribution in [0.5, 0.6) is 11.5 Å². The predicted octanol–water partition coefficient (Wildman–Crippen LogP) is 0.391. The third-order valence-electron chi connectivity index (χ3n) is 6.39. The third-order valence-corrected chi connectivity index (χ3v) is 6.39. The number of aliphatic carboxylic acids is 1. The number of aryl methyl sites for hydroxylation is 1. The highest BCUT2D eigenvalue weighted by molar-refractivity contribution is 6.09. The van der Waals surface area contributed by atoms with Crippen LogP contribution in [0, 0.1) is 0 Å². The number of benzene rings is 2. The SMILES string of the molecule is CC(=O)N1CC(NC(=O)CCc2ccc3c(c2)OCO3)C(=O)N(CC(=O)NC(C=O)CC(=O)O)c2ccccc21. The molecular formula is C27H28N4O9. The number of aldehydes is 1. The quantitative estimate of drug-likeness (QED) is 0.353. The number of ether oxygens (including phenoxy) is 2. The van der Waals surface area contributed by atoms with Gasteiger partial charge >= 0.3 is 5.97 Å². The largest absolute Gasteiger partial charge is 0.481 e. The molecule has 0 saturated carbocycles. The fraction of sp³-hybridized carbons (Fsp3) is 0.333. The van der Waals surface area contributed by atoms with Crippen LogP contribution in [-0.2, 0) is 35.2 Å². The molecule has 2 aromatic rings. The van der Waals surface area contributed by atoms with E-state index in [0.29, 0.717) is 29.9 Å². The van der Waals surface area contributed by atoms with Gasteiger partial charge in [0.25, 0.3) is 5.91 Å². The molecule has 13 heteroatoms. The molecule has 2 heterocycles. The van der Waals surface area contributed by atoms with Gasteiger partial charge in [-0.15, -0.1) is 0 Å². The number of anilines is 2. The van der Waals surface area contributed by atoms with E-state index in [0.717, 1.165) is 10.5 Å². The number of hydrogen-bond acceptors (Lipinski definition) is 8. The highest BCUT2D eigenvalue weighted by atomic mass is 16.7. The Balaban J connectivity index is 1.52. The van der Waals surface area contributed by atoms with Gasteiger partial charge in [-0.3, -0.25) is 28.9 Å². The Labute approximate surface area is 229 Å². The summed E-state index contributed by atoms with van der Waals surface area (Å²) in [5.74, 6) is -2.34. The van der Waals surface area contributed by atoms with Crippen LogP contribution >= 0.6 is 0 Å². The van der Waals surface area contributed by atoms with Crippen LogP contribution in [0.4, 0.5) is 11.4 Å². The number of para-hydroxylation sites is 2. The molecule has 2 aliphatic heterocycles. The molecule has 210 valence electrons. The number of rotatable bonds is 10. The number of carboxylic acid groups (broad SMARTS) is 1. The maximum absolute atomic E-state index is 13.7. The Morgan fingerprint density at radius 3 is 2.50 bits per heavy atom. The predicted molar refractivity (Wildman–Crippen MR) is 140 cm³/mol.